The second-order valence-electron chi connectivity index (χ2n) is 4.02. The minimum atomic E-state index is -0.484. The molecule has 0 saturated carbocycles. The van der Waals surface area contributed by atoms with Crippen LogP contribution in [-0.4, -0.2) is 16.3 Å². The summed E-state index contributed by atoms with van der Waals surface area (Å²) in [5.41, 5.74) is 1.65. The molecule has 0 saturated heterocycles. The molecule has 1 nitrogen and oxygen atoms in total. The summed E-state index contributed by atoms with van der Waals surface area (Å²) in [6, 6.07) is 4.12. The van der Waals surface area contributed by atoms with Crippen LogP contribution in [0, 0.1) is 0 Å². The molecule has 0 radical (unpaired) electrons. The van der Waals surface area contributed by atoms with Crippen molar-refractivity contribution in [2.45, 2.75) is 11.3 Å². The van der Waals surface area contributed by atoms with Gasteiger partial charge in [-0.2, -0.15) is 0 Å². The third-order valence-electron chi connectivity index (χ3n) is 2.89. The number of halogens is 2. The molecule has 5 heteroatoms. The maximum atomic E-state index is 13.1. The molecule has 0 amide bonds. The van der Waals surface area contributed by atoms with Crippen molar-refractivity contribution in [3.05, 3.63) is 56.9 Å². The van der Waals surface area contributed by atoms with Gasteiger partial charge in [0.15, 0.2) is 0 Å². The van der Waals surface area contributed by atoms with Gasteiger partial charge in [0, 0.05) is 21.6 Å². The van der Waals surface area contributed by atoms with Crippen LogP contribution in [0.25, 0.3) is 0 Å². The summed E-state index contributed by atoms with van der Waals surface area (Å²) in [7, 11) is 0. The number of thiophene rings is 1. The van der Waals surface area contributed by atoms with Gasteiger partial charge >= 0.3 is 0 Å². The van der Waals surface area contributed by atoms with Gasteiger partial charge in [-0.05, 0) is 23.6 Å². The van der Waals surface area contributed by atoms with Crippen molar-refractivity contribution in [2.75, 3.05) is 6.67 Å². The molecule has 1 atom stereocenters. The molecule has 3 rings (SSSR count). The third-order valence-corrected chi connectivity index (χ3v) is 5.36. The first-order chi connectivity index (χ1) is 8.79. The van der Waals surface area contributed by atoms with E-state index in [1.54, 1.807) is 11.3 Å². The number of alkyl halides is 2. The first-order valence-corrected chi connectivity index (χ1v) is 7.77. The smallest absolute Gasteiger partial charge is 0.115 e. The second kappa shape index (κ2) is 5.11. The zero-order chi connectivity index (χ0) is 12.5. The molecule has 1 unspecified atom stereocenters. The summed E-state index contributed by atoms with van der Waals surface area (Å²) in [6.45, 7) is 0.289. The molecule has 18 heavy (non-hydrogen) atoms. The van der Waals surface area contributed by atoms with Gasteiger partial charge in [0.25, 0.3) is 0 Å². The van der Waals surface area contributed by atoms with E-state index in [4.69, 9.17) is 11.6 Å². The topological polar surface area (TPSA) is 3.24 Å². The molecule has 0 N–H and O–H groups in total. The van der Waals surface area contributed by atoms with E-state index in [0.717, 1.165) is 17.1 Å². The maximum Gasteiger partial charge on any atom is 0.115 e. The van der Waals surface area contributed by atoms with Crippen LogP contribution in [0.5, 0.6) is 0 Å². The molecule has 0 fully saturated rings. The van der Waals surface area contributed by atoms with Crippen LogP contribution < -0.4 is 0 Å². The Morgan fingerprint density at radius 2 is 2.33 bits per heavy atom. The van der Waals surface area contributed by atoms with Crippen molar-refractivity contribution < 1.29 is 4.39 Å². The van der Waals surface area contributed by atoms with E-state index in [-0.39, 0.29) is 4.71 Å². The maximum absolute atomic E-state index is 13.1. The Hall–Kier alpha value is -0.710. The molecular weight excluding hydrogens is 289 g/mol. The van der Waals surface area contributed by atoms with Crippen LogP contribution in [0.4, 0.5) is 4.39 Å². The zero-order valence-corrected chi connectivity index (χ0v) is 11.9. The highest BCUT2D eigenvalue weighted by Crippen LogP contribution is 2.47. The largest absolute Gasteiger partial charge is 0.342 e. The summed E-state index contributed by atoms with van der Waals surface area (Å²) in [4.78, 5) is 4.42. The number of hydrogen-bond acceptors (Lipinski definition) is 3. The molecule has 3 heterocycles. The lowest BCUT2D eigenvalue weighted by Gasteiger charge is -2.25. The summed E-state index contributed by atoms with van der Waals surface area (Å²) >= 11 is 9.40. The number of allylic oxidation sites excluding steroid dienone is 2. The number of nitrogens with zero attached hydrogens (tertiary/aromatic N) is 1. The molecule has 2 aliphatic rings. The average Bonchev–Trinajstić information content (AvgIpc) is 2.96. The number of fused-ring (bicyclic) bond motifs is 1. The highest BCUT2D eigenvalue weighted by molar-refractivity contribution is 8.05. The van der Waals surface area contributed by atoms with E-state index in [1.807, 2.05) is 24.4 Å². The summed E-state index contributed by atoms with van der Waals surface area (Å²) < 4.78 is 12.9. The van der Waals surface area contributed by atoms with Crippen molar-refractivity contribution in [3.63, 3.8) is 0 Å². The van der Waals surface area contributed by atoms with Crippen LogP contribution >= 0.6 is 34.7 Å². The van der Waals surface area contributed by atoms with Crippen LogP contribution in [0.2, 0.25) is 0 Å². The Kier molecular flexibility index (Phi) is 3.50. The molecule has 0 spiro atoms. The fourth-order valence-electron chi connectivity index (χ4n) is 2.08. The van der Waals surface area contributed by atoms with E-state index in [2.05, 4.69) is 16.3 Å². The molecule has 0 aliphatic carbocycles. The second-order valence-corrected chi connectivity index (χ2v) is 6.90. The summed E-state index contributed by atoms with van der Waals surface area (Å²) in [6.07, 6.45) is 5.98. The standard InChI is InChI=1S/C13H11ClFNS2/c14-13-10(7-15)12-11(18-13)4-1-5-16(12)8-9-3-2-6-17-9/h1-6,13H,7-8H2. The Bertz CT molecular complexity index is 533. The molecular formula is C13H11ClFNS2. The van der Waals surface area contributed by atoms with Crippen LogP contribution in [0.15, 0.2) is 52.0 Å². The Balaban J connectivity index is 1.93. The van der Waals surface area contributed by atoms with Gasteiger partial charge < -0.3 is 4.90 Å². The molecule has 1 aromatic heterocycles. The lowest BCUT2D eigenvalue weighted by atomic mass is 10.1. The van der Waals surface area contributed by atoms with Gasteiger partial charge in [-0.3, -0.25) is 0 Å². The monoisotopic (exact) mass is 299 g/mol. The molecule has 1 aromatic rings. The van der Waals surface area contributed by atoms with Crippen molar-refractivity contribution in [2.24, 2.45) is 0 Å². The van der Waals surface area contributed by atoms with Gasteiger partial charge in [0.1, 0.15) is 11.4 Å². The van der Waals surface area contributed by atoms with Crippen LogP contribution in [-0.2, 0) is 6.54 Å². The third kappa shape index (κ3) is 2.13. The average molecular weight is 300 g/mol. The molecule has 0 aromatic carbocycles. The normalized spacial score (nSPS) is 22.4. The van der Waals surface area contributed by atoms with Crippen molar-refractivity contribution in [1.29, 1.82) is 0 Å². The highest BCUT2D eigenvalue weighted by atomic mass is 35.5. The molecule has 0 bridgehead atoms. The van der Waals surface area contributed by atoms with Gasteiger partial charge in [0.2, 0.25) is 0 Å². The van der Waals surface area contributed by atoms with Gasteiger partial charge in [-0.15, -0.1) is 22.9 Å². The van der Waals surface area contributed by atoms with E-state index >= 15 is 0 Å². The Labute approximate surface area is 119 Å². The van der Waals surface area contributed by atoms with E-state index in [0.29, 0.717) is 5.57 Å². The number of rotatable bonds is 3. The van der Waals surface area contributed by atoms with Crippen molar-refractivity contribution in [3.8, 4) is 0 Å². The first-order valence-electron chi connectivity index (χ1n) is 5.57. The first kappa shape index (κ1) is 12.3. The van der Waals surface area contributed by atoms with Crippen LogP contribution in [0.1, 0.15) is 4.88 Å². The minimum absolute atomic E-state index is 0.276. The lowest BCUT2D eigenvalue weighted by Crippen LogP contribution is -2.19. The van der Waals surface area contributed by atoms with Crippen molar-refractivity contribution >= 4 is 34.7 Å². The van der Waals surface area contributed by atoms with Gasteiger partial charge in [-0.1, -0.05) is 17.8 Å². The lowest BCUT2D eigenvalue weighted by molar-refractivity contribution is 0.454. The van der Waals surface area contributed by atoms with Crippen molar-refractivity contribution in [1.82, 2.24) is 4.90 Å². The highest BCUT2D eigenvalue weighted by Gasteiger charge is 2.32. The predicted molar refractivity (Wildman–Crippen MR) is 77.3 cm³/mol. The quantitative estimate of drug-likeness (QED) is 0.756. The SMILES string of the molecule is FCC1=C2C(=CC=CN2Cc2cccs2)SC1Cl. The fraction of sp³-hybridized carbons (Fsp3) is 0.231. The van der Waals surface area contributed by atoms with Gasteiger partial charge in [0.05, 0.1) is 12.2 Å². The van der Waals surface area contributed by atoms with Gasteiger partial charge in [-0.25, -0.2) is 4.39 Å². The van der Waals surface area contributed by atoms with E-state index in [9.17, 15) is 4.39 Å². The Morgan fingerprint density at radius 3 is 3.06 bits per heavy atom. The van der Waals surface area contributed by atoms with E-state index < -0.39 is 6.67 Å². The zero-order valence-electron chi connectivity index (χ0n) is 9.48. The number of thioether (sulfide) groups is 1. The van der Waals surface area contributed by atoms with Crippen LogP contribution in [0.3, 0.4) is 0 Å². The summed E-state index contributed by atoms with van der Waals surface area (Å²) in [5.74, 6) is 0. The number of hydrogen-bond donors (Lipinski definition) is 0. The fourth-order valence-corrected chi connectivity index (χ4v) is 4.29. The van der Waals surface area contributed by atoms with E-state index in [1.165, 1.54) is 16.6 Å². The minimum Gasteiger partial charge on any atom is -0.342 e. The summed E-state index contributed by atoms with van der Waals surface area (Å²) in [5, 5.41) is 2.05. The molecule has 2 aliphatic heterocycles. The Morgan fingerprint density at radius 1 is 1.44 bits per heavy atom. The molecule has 94 valence electrons. The predicted octanol–water partition coefficient (Wildman–Crippen LogP) is 4.50.